The van der Waals surface area contributed by atoms with Crippen LogP contribution in [0.1, 0.15) is 23.0 Å². The first-order chi connectivity index (χ1) is 11.4. The van der Waals surface area contributed by atoms with Crippen molar-refractivity contribution in [3.63, 3.8) is 0 Å². The van der Waals surface area contributed by atoms with Crippen LogP contribution in [0.3, 0.4) is 0 Å². The number of ketones is 1. The van der Waals surface area contributed by atoms with E-state index in [4.69, 9.17) is 0 Å². The van der Waals surface area contributed by atoms with E-state index in [9.17, 15) is 22.4 Å². The van der Waals surface area contributed by atoms with Crippen molar-refractivity contribution in [2.24, 2.45) is 0 Å². The lowest BCUT2D eigenvalue weighted by Gasteiger charge is -2.21. The second kappa shape index (κ2) is 8.25. The molecule has 2 unspecified atom stereocenters. The van der Waals surface area contributed by atoms with Gasteiger partial charge in [-0.3, -0.25) is 4.79 Å². The predicted molar refractivity (Wildman–Crippen MR) is 90.8 cm³/mol. The summed E-state index contributed by atoms with van der Waals surface area (Å²) in [7, 11) is 0. The number of hydrogen-bond acceptors (Lipinski definition) is 1. The summed E-state index contributed by atoms with van der Waals surface area (Å²) >= 11 is 6.24. The first-order valence-electron chi connectivity index (χ1n) is 6.95. The lowest BCUT2D eigenvalue weighted by atomic mass is 9.85. The smallest absolute Gasteiger partial charge is 0.162 e. The molecule has 0 radical (unpaired) electrons. The molecular formula is C17H12Br2F4O. The fourth-order valence-corrected chi connectivity index (χ4v) is 3.78. The number of carbonyl (C=O) groups is 1. The van der Waals surface area contributed by atoms with Crippen LogP contribution >= 0.6 is 31.9 Å². The summed E-state index contributed by atoms with van der Waals surface area (Å²) in [6.07, 6.45) is 0. The summed E-state index contributed by atoms with van der Waals surface area (Å²) in [5.74, 6) is -7.00. The summed E-state index contributed by atoms with van der Waals surface area (Å²) < 4.78 is 54.9. The van der Waals surface area contributed by atoms with Gasteiger partial charge in [0.15, 0.2) is 23.3 Å². The predicted octanol–water partition coefficient (Wildman–Crippen LogP) is 5.47. The molecule has 0 saturated heterocycles. The Bertz CT molecular complexity index is 690. The molecule has 2 aromatic rings. The third-order valence-electron chi connectivity index (χ3n) is 3.71. The van der Waals surface area contributed by atoms with Crippen molar-refractivity contribution in [2.75, 3.05) is 10.7 Å². The fourth-order valence-electron chi connectivity index (χ4n) is 2.45. The molecule has 2 atom stereocenters. The minimum atomic E-state index is -1.12. The molecule has 2 rings (SSSR count). The molecule has 128 valence electrons. The normalized spacial score (nSPS) is 13.6. The van der Waals surface area contributed by atoms with Crippen molar-refractivity contribution in [3.8, 4) is 0 Å². The Labute approximate surface area is 153 Å². The molecule has 0 bridgehead atoms. The maximum absolute atomic E-state index is 14.0. The van der Waals surface area contributed by atoms with Crippen LogP contribution in [-0.2, 0) is 4.79 Å². The number of Topliss-reactive ketones (excluding diaryl/α,β-unsaturated/α-hetero) is 1. The minimum Gasteiger partial charge on any atom is -0.298 e. The summed E-state index contributed by atoms with van der Waals surface area (Å²) in [5.41, 5.74) is -0.251. The number of benzene rings is 2. The number of rotatable bonds is 6. The molecule has 0 amide bonds. The Balaban J connectivity index is 2.46. The Hall–Kier alpha value is -1.21. The van der Waals surface area contributed by atoms with Gasteiger partial charge in [-0.15, -0.1) is 0 Å². The maximum atomic E-state index is 14.0. The molecule has 24 heavy (non-hydrogen) atoms. The zero-order chi connectivity index (χ0) is 17.9. The van der Waals surface area contributed by atoms with Gasteiger partial charge in [0.05, 0.1) is 11.8 Å². The SMILES string of the molecule is O=C(C(CBr)c1cccc(F)c1F)C(CBr)c1cccc(F)c1F. The average Bonchev–Trinajstić information content (AvgIpc) is 2.56. The van der Waals surface area contributed by atoms with Gasteiger partial charge in [-0.2, -0.15) is 0 Å². The van der Waals surface area contributed by atoms with Gasteiger partial charge in [-0.1, -0.05) is 56.1 Å². The standard InChI is InChI=1S/C17H12Br2F4O/c18-7-11(9-3-1-5-13(20)15(9)22)17(24)12(8-19)10-4-2-6-14(21)16(10)23/h1-6,11-12H,7-8H2. The van der Waals surface area contributed by atoms with Gasteiger partial charge >= 0.3 is 0 Å². The van der Waals surface area contributed by atoms with Crippen LogP contribution in [0.25, 0.3) is 0 Å². The number of halogens is 6. The van der Waals surface area contributed by atoms with Crippen LogP contribution in [0.4, 0.5) is 17.6 Å². The van der Waals surface area contributed by atoms with Gasteiger partial charge in [0.1, 0.15) is 5.78 Å². The first kappa shape index (κ1) is 19.1. The van der Waals surface area contributed by atoms with Gasteiger partial charge in [-0.25, -0.2) is 17.6 Å². The molecule has 1 nitrogen and oxygen atoms in total. The van der Waals surface area contributed by atoms with Crippen LogP contribution in [-0.4, -0.2) is 16.4 Å². The molecular weight excluding hydrogens is 456 g/mol. The minimum absolute atomic E-state index is 0.0205. The Kier molecular flexibility index (Phi) is 6.57. The van der Waals surface area contributed by atoms with E-state index in [-0.39, 0.29) is 21.8 Å². The molecule has 0 spiro atoms. The number of alkyl halides is 2. The topological polar surface area (TPSA) is 17.1 Å². The van der Waals surface area contributed by atoms with Crippen molar-refractivity contribution < 1.29 is 22.4 Å². The van der Waals surface area contributed by atoms with Crippen LogP contribution in [0.5, 0.6) is 0 Å². The van der Waals surface area contributed by atoms with Gasteiger partial charge in [0.25, 0.3) is 0 Å². The molecule has 7 heteroatoms. The summed E-state index contributed by atoms with van der Waals surface area (Å²) in [6.45, 7) is 0. The molecule has 0 N–H and O–H groups in total. The average molecular weight is 468 g/mol. The van der Waals surface area contributed by atoms with Crippen molar-refractivity contribution in [1.29, 1.82) is 0 Å². The molecule has 0 heterocycles. The molecule has 0 saturated carbocycles. The zero-order valence-corrected chi connectivity index (χ0v) is 15.4. The van der Waals surface area contributed by atoms with Crippen LogP contribution in [0.2, 0.25) is 0 Å². The molecule has 2 aromatic carbocycles. The van der Waals surface area contributed by atoms with Crippen molar-refractivity contribution >= 4 is 37.6 Å². The highest BCUT2D eigenvalue weighted by Crippen LogP contribution is 2.32. The fraction of sp³-hybridized carbons (Fsp3) is 0.235. The lowest BCUT2D eigenvalue weighted by molar-refractivity contribution is -0.121. The number of hydrogen-bond donors (Lipinski definition) is 0. The molecule has 0 aliphatic rings. The molecule has 0 aliphatic heterocycles. The van der Waals surface area contributed by atoms with E-state index in [0.717, 1.165) is 12.1 Å². The van der Waals surface area contributed by atoms with Crippen molar-refractivity contribution in [1.82, 2.24) is 0 Å². The van der Waals surface area contributed by atoms with Crippen molar-refractivity contribution in [3.05, 3.63) is 70.8 Å². The summed E-state index contributed by atoms with van der Waals surface area (Å²) in [5, 5.41) is 0.0410. The van der Waals surface area contributed by atoms with Crippen LogP contribution in [0.15, 0.2) is 36.4 Å². The zero-order valence-electron chi connectivity index (χ0n) is 12.2. The van der Waals surface area contributed by atoms with E-state index in [1.54, 1.807) is 0 Å². The summed E-state index contributed by atoms with van der Waals surface area (Å²) in [4.78, 5) is 12.8. The molecule has 0 aliphatic carbocycles. The second-order valence-corrected chi connectivity index (χ2v) is 6.40. The van der Waals surface area contributed by atoms with Gasteiger partial charge < -0.3 is 0 Å². The summed E-state index contributed by atoms with van der Waals surface area (Å²) in [6, 6.07) is 7.09. The maximum Gasteiger partial charge on any atom is 0.162 e. The Morgan fingerprint density at radius 2 is 1.17 bits per heavy atom. The number of carbonyl (C=O) groups excluding carboxylic acids is 1. The van der Waals surface area contributed by atoms with Gasteiger partial charge in [-0.05, 0) is 12.1 Å². The lowest BCUT2D eigenvalue weighted by Crippen LogP contribution is -2.25. The highest BCUT2D eigenvalue weighted by atomic mass is 79.9. The quantitative estimate of drug-likeness (QED) is 0.406. The third kappa shape index (κ3) is 3.72. The Morgan fingerprint density at radius 3 is 1.50 bits per heavy atom. The van der Waals surface area contributed by atoms with E-state index in [0.29, 0.717) is 0 Å². The Morgan fingerprint density at radius 1 is 0.792 bits per heavy atom. The van der Waals surface area contributed by atoms with Gasteiger partial charge in [0.2, 0.25) is 0 Å². The largest absolute Gasteiger partial charge is 0.298 e. The van der Waals surface area contributed by atoms with Crippen molar-refractivity contribution in [2.45, 2.75) is 11.8 Å². The van der Waals surface area contributed by atoms with Gasteiger partial charge in [0, 0.05) is 21.8 Å². The second-order valence-electron chi connectivity index (χ2n) is 5.10. The van der Waals surface area contributed by atoms with E-state index in [1.807, 2.05) is 0 Å². The van der Waals surface area contributed by atoms with E-state index >= 15 is 0 Å². The van der Waals surface area contributed by atoms with E-state index in [1.165, 1.54) is 24.3 Å². The first-order valence-corrected chi connectivity index (χ1v) is 9.20. The highest BCUT2D eigenvalue weighted by Gasteiger charge is 2.32. The van der Waals surface area contributed by atoms with E-state index in [2.05, 4.69) is 31.9 Å². The third-order valence-corrected chi connectivity index (χ3v) is 5.00. The van der Waals surface area contributed by atoms with Crippen LogP contribution < -0.4 is 0 Å². The molecule has 0 fully saturated rings. The molecule has 0 aromatic heterocycles. The van der Waals surface area contributed by atoms with Crippen LogP contribution in [0, 0.1) is 23.3 Å². The monoisotopic (exact) mass is 466 g/mol. The van der Waals surface area contributed by atoms with E-state index < -0.39 is 40.9 Å². The highest BCUT2D eigenvalue weighted by molar-refractivity contribution is 9.09.